The minimum atomic E-state index is -1.39. The number of allylic oxidation sites excluding steroid dienone is 2. The zero-order chi connectivity index (χ0) is 34.2. The standard InChI is InChI=1S/C40H34ClN3O5/c1-22-11-14-26(15-12-22)42-44-37(47)32-21-31-29(17-18-30-34(31)38(48)43(36(30)46)27-16-13-23(2)33(41)20-27)35(24-7-6-10-28(45)19-24)40(32,39(44)49)25-8-4-3-5-9-25/h3-17,19-20,30-32,34-35,42,45H,18,21H2,1-2H3. The third kappa shape index (κ3) is 4.57. The Bertz CT molecular complexity index is 2080. The molecule has 2 aliphatic heterocycles. The van der Waals surface area contributed by atoms with Crippen LogP contribution >= 0.6 is 11.6 Å². The summed E-state index contributed by atoms with van der Waals surface area (Å²) in [4.78, 5) is 59.5. The van der Waals surface area contributed by atoms with Crippen LogP contribution < -0.4 is 10.3 Å². The van der Waals surface area contributed by atoms with Crippen LogP contribution in [0.25, 0.3) is 0 Å². The van der Waals surface area contributed by atoms with Crippen LogP contribution in [0, 0.1) is 37.5 Å². The van der Waals surface area contributed by atoms with Crippen molar-refractivity contribution in [2.24, 2.45) is 23.7 Å². The predicted molar refractivity (Wildman–Crippen MR) is 186 cm³/mol. The molecule has 6 atom stereocenters. The van der Waals surface area contributed by atoms with Gasteiger partial charge in [-0.2, -0.15) is 5.01 Å². The highest BCUT2D eigenvalue weighted by atomic mass is 35.5. The van der Waals surface area contributed by atoms with E-state index in [9.17, 15) is 19.5 Å². The van der Waals surface area contributed by atoms with E-state index in [1.54, 1.807) is 36.4 Å². The van der Waals surface area contributed by atoms with Gasteiger partial charge in [-0.05, 0) is 85.7 Å². The van der Waals surface area contributed by atoms with Crippen LogP contribution in [-0.2, 0) is 24.6 Å². The van der Waals surface area contributed by atoms with E-state index < -0.39 is 46.8 Å². The van der Waals surface area contributed by atoms with E-state index in [1.807, 2.05) is 80.6 Å². The normalized spacial score (nSPS) is 27.5. The molecular weight excluding hydrogens is 638 g/mol. The molecule has 4 aliphatic rings. The Balaban J connectivity index is 1.30. The van der Waals surface area contributed by atoms with Gasteiger partial charge in [-0.1, -0.05) is 89.5 Å². The second kappa shape index (κ2) is 11.4. The molecule has 1 saturated carbocycles. The number of hydrazine groups is 1. The van der Waals surface area contributed by atoms with Crippen LogP contribution in [0.2, 0.25) is 5.02 Å². The van der Waals surface area contributed by atoms with Crippen molar-refractivity contribution in [3.63, 3.8) is 0 Å². The number of aromatic hydroxyl groups is 1. The van der Waals surface area contributed by atoms with Crippen molar-refractivity contribution in [3.05, 3.63) is 136 Å². The summed E-state index contributed by atoms with van der Waals surface area (Å²) in [6.07, 6.45) is 2.50. The maximum absolute atomic E-state index is 15.1. The van der Waals surface area contributed by atoms with Gasteiger partial charge in [-0.25, -0.2) is 4.90 Å². The van der Waals surface area contributed by atoms with Crippen molar-refractivity contribution in [1.29, 1.82) is 0 Å². The second-order valence-corrected chi connectivity index (χ2v) is 14.0. The number of benzene rings is 4. The highest BCUT2D eigenvalue weighted by molar-refractivity contribution is 6.32. The lowest BCUT2D eigenvalue weighted by atomic mass is 9.49. The third-order valence-corrected chi connectivity index (χ3v) is 11.4. The average Bonchev–Trinajstić information content (AvgIpc) is 3.48. The molecule has 9 heteroatoms. The van der Waals surface area contributed by atoms with Gasteiger partial charge >= 0.3 is 0 Å². The fraction of sp³-hybridized carbons (Fsp3) is 0.250. The van der Waals surface area contributed by atoms with Gasteiger partial charge in [0, 0.05) is 10.9 Å². The number of nitrogens with one attached hydrogen (secondary N) is 1. The fourth-order valence-corrected chi connectivity index (χ4v) is 8.98. The quantitative estimate of drug-likeness (QED) is 0.178. The van der Waals surface area contributed by atoms with Gasteiger partial charge in [0.2, 0.25) is 11.8 Å². The number of carbonyl (C=O) groups excluding carboxylic acids is 4. The number of halogens is 1. The zero-order valence-corrected chi connectivity index (χ0v) is 27.7. The maximum atomic E-state index is 15.1. The summed E-state index contributed by atoms with van der Waals surface area (Å²) < 4.78 is 0. The van der Waals surface area contributed by atoms with Gasteiger partial charge in [0.15, 0.2) is 0 Å². The minimum Gasteiger partial charge on any atom is -0.508 e. The summed E-state index contributed by atoms with van der Waals surface area (Å²) in [5, 5.41) is 12.3. The third-order valence-electron chi connectivity index (χ3n) is 11.0. The average molecular weight is 672 g/mol. The summed E-state index contributed by atoms with van der Waals surface area (Å²) in [6.45, 7) is 3.82. The first-order valence-corrected chi connectivity index (χ1v) is 16.9. The van der Waals surface area contributed by atoms with Gasteiger partial charge < -0.3 is 5.11 Å². The van der Waals surface area contributed by atoms with E-state index in [0.29, 0.717) is 33.9 Å². The number of nitrogens with zero attached hydrogens (tertiary/aromatic N) is 2. The Morgan fingerprint density at radius 1 is 0.816 bits per heavy atom. The number of phenols is 1. The van der Waals surface area contributed by atoms with Crippen LogP contribution in [0.1, 0.15) is 41.0 Å². The minimum absolute atomic E-state index is 0.0228. The molecule has 4 aromatic rings. The highest BCUT2D eigenvalue weighted by Gasteiger charge is 2.70. The molecule has 0 spiro atoms. The summed E-state index contributed by atoms with van der Waals surface area (Å²) in [5.41, 5.74) is 6.74. The molecular formula is C40H34ClN3O5. The van der Waals surface area contributed by atoms with E-state index in [1.165, 1.54) is 4.90 Å². The Labute approximate surface area is 289 Å². The van der Waals surface area contributed by atoms with Crippen molar-refractivity contribution in [2.75, 3.05) is 10.3 Å². The first-order chi connectivity index (χ1) is 23.6. The molecule has 2 aliphatic carbocycles. The van der Waals surface area contributed by atoms with Crippen LogP contribution in [0.15, 0.2) is 109 Å². The van der Waals surface area contributed by atoms with Crippen LogP contribution in [-0.4, -0.2) is 33.7 Å². The molecule has 4 amide bonds. The zero-order valence-electron chi connectivity index (χ0n) is 27.0. The van der Waals surface area contributed by atoms with Crippen molar-refractivity contribution in [2.45, 2.75) is 38.0 Å². The van der Waals surface area contributed by atoms with Crippen LogP contribution in [0.3, 0.4) is 0 Å². The SMILES string of the molecule is Cc1ccc(NN2C(=O)C3CC4C(=CCC5C(=O)N(c6ccc(C)c(Cl)c6)C(=O)C54)C(c4cccc(O)c4)C3(c3ccccc3)C2=O)cc1. The summed E-state index contributed by atoms with van der Waals surface area (Å²) >= 11 is 6.43. The smallest absolute Gasteiger partial charge is 0.260 e. The molecule has 246 valence electrons. The highest BCUT2D eigenvalue weighted by Crippen LogP contribution is 2.64. The summed E-state index contributed by atoms with van der Waals surface area (Å²) in [5.74, 6) is -4.87. The van der Waals surface area contributed by atoms with Crippen molar-refractivity contribution < 1.29 is 24.3 Å². The Kier molecular flexibility index (Phi) is 7.26. The lowest BCUT2D eigenvalue weighted by Crippen LogP contribution is -2.53. The number of fused-ring (bicyclic) bond motifs is 4. The monoisotopic (exact) mass is 671 g/mol. The fourth-order valence-electron chi connectivity index (χ4n) is 8.80. The van der Waals surface area contributed by atoms with E-state index in [-0.39, 0.29) is 24.0 Å². The summed E-state index contributed by atoms with van der Waals surface area (Å²) in [7, 11) is 0. The molecule has 3 fully saturated rings. The van der Waals surface area contributed by atoms with Crippen molar-refractivity contribution in [1.82, 2.24) is 5.01 Å². The molecule has 0 radical (unpaired) electrons. The number of imide groups is 2. The number of hydrogen-bond donors (Lipinski definition) is 2. The lowest BCUT2D eigenvalue weighted by molar-refractivity contribution is -0.138. The molecule has 8 rings (SSSR count). The Morgan fingerprint density at radius 2 is 1.57 bits per heavy atom. The number of amides is 4. The summed E-state index contributed by atoms with van der Waals surface area (Å²) in [6, 6.07) is 28.7. The van der Waals surface area contributed by atoms with Gasteiger partial charge in [0.1, 0.15) is 5.75 Å². The van der Waals surface area contributed by atoms with Gasteiger partial charge in [-0.15, -0.1) is 0 Å². The Morgan fingerprint density at radius 3 is 2.29 bits per heavy atom. The first-order valence-electron chi connectivity index (χ1n) is 16.5. The van der Waals surface area contributed by atoms with E-state index in [2.05, 4.69) is 5.43 Å². The number of rotatable bonds is 5. The molecule has 0 aromatic heterocycles. The molecule has 2 heterocycles. The molecule has 2 saturated heterocycles. The molecule has 4 aromatic carbocycles. The molecule has 0 bridgehead atoms. The van der Waals surface area contributed by atoms with E-state index in [4.69, 9.17) is 11.6 Å². The van der Waals surface area contributed by atoms with Gasteiger partial charge in [0.05, 0.1) is 34.5 Å². The first kappa shape index (κ1) is 31.1. The molecule has 49 heavy (non-hydrogen) atoms. The second-order valence-electron chi connectivity index (χ2n) is 13.6. The van der Waals surface area contributed by atoms with Gasteiger partial charge in [0.25, 0.3) is 11.8 Å². The molecule has 8 nitrogen and oxygen atoms in total. The topological polar surface area (TPSA) is 107 Å². The number of aryl methyl sites for hydroxylation is 2. The molecule has 2 N–H and O–H groups in total. The van der Waals surface area contributed by atoms with E-state index >= 15 is 4.79 Å². The number of hydrogen-bond acceptors (Lipinski definition) is 6. The van der Waals surface area contributed by atoms with Crippen molar-refractivity contribution in [3.8, 4) is 5.75 Å². The van der Waals surface area contributed by atoms with Gasteiger partial charge in [-0.3, -0.25) is 24.6 Å². The van der Waals surface area contributed by atoms with E-state index in [0.717, 1.165) is 21.7 Å². The Hall–Kier alpha value is -5.21. The lowest BCUT2D eigenvalue weighted by Gasteiger charge is -2.50. The molecule has 6 unspecified atom stereocenters. The predicted octanol–water partition coefficient (Wildman–Crippen LogP) is 6.85. The van der Waals surface area contributed by atoms with Crippen LogP contribution in [0.5, 0.6) is 5.75 Å². The maximum Gasteiger partial charge on any atom is 0.260 e. The van der Waals surface area contributed by atoms with Crippen molar-refractivity contribution >= 4 is 46.6 Å². The number of carbonyl (C=O) groups is 4. The number of anilines is 2. The largest absolute Gasteiger partial charge is 0.508 e. The number of phenolic OH excluding ortho intramolecular Hbond substituents is 1. The van der Waals surface area contributed by atoms with Crippen LogP contribution in [0.4, 0.5) is 11.4 Å².